The maximum absolute atomic E-state index is 11.8. The number of nitrogens with zero attached hydrogens (tertiary/aromatic N) is 1. The number of carbonyl (C=O) groups excluding carboxylic acids is 2. The number of nitrogens with one attached hydrogen (secondary N) is 1. The zero-order valence-electron chi connectivity index (χ0n) is 10.1. The summed E-state index contributed by atoms with van der Waals surface area (Å²) in [6.07, 6.45) is 5.20. The van der Waals surface area contributed by atoms with Gasteiger partial charge in [0.1, 0.15) is 0 Å². The molecule has 1 unspecified atom stereocenters. The molecule has 2 heterocycles. The van der Waals surface area contributed by atoms with Crippen LogP contribution in [0.2, 0.25) is 0 Å². The molecule has 0 aromatic carbocycles. The molecule has 0 bridgehead atoms. The Hall–Kier alpha value is -1.58. The van der Waals surface area contributed by atoms with Gasteiger partial charge in [-0.25, -0.2) is 4.79 Å². The van der Waals surface area contributed by atoms with E-state index in [1.165, 1.54) is 4.90 Å². The lowest BCUT2D eigenvalue weighted by Gasteiger charge is -2.33. The molecule has 98 valence electrons. The van der Waals surface area contributed by atoms with Gasteiger partial charge in [0.2, 0.25) is 5.91 Å². The molecular weight excluding hydrogens is 236 g/mol. The van der Waals surface area contributed by atoms with Crippen molar-refractivity contribution in [1.82, 2.24) is 10.2 Å². The summed E-state index contributed by atoms with van der Waals surface area (Å²) < 4.78 is 5.62. The van der Waals surface area contributed by atoms with Crippen LogP contribution in [0.4, 0.5) is 4.79 Å². The number of carbonyl (C=O) groups is 2. The number of rotatable bonds is 2. The quantitative estimate of drug-likeness (QED) is 0.630. The van der Waals surface area contributed by atoms with Gasteiger partial charge >= 0.3 is 6.03 Å². The Balaban J connectivity index is 2.13. The number of urea groups is 1. The fourth-order valence-corrected chi connectivity index (χ4v) is 2.45. The predicted molar refractivity (Wildman–Crippen MR) is 62.3 cm³/mol. The van der Waals surface area contributed by atoms with Crippen molar-refractivity contribution in [2.24, 2.45) is 11.8 Å². The molecule has 6 heteroatoms. The van der Waals surface area contributed by atoms with E-state index < -0.39 is 18.1 Å². The smallest absolute Gasteiger partial charge is 0.323 e. The summed E-state index contributed by atoms with van der Waals surface area (Å²) >= 11 is 0. The summed E-state index contributed by atoms with van der Waals surface area (Å²) in [6.45, 7) is 0.170. The number of amides is 3. The summed E-state index contributed by atoms with van der Waals surface area (Å²) in [5, 5.41) is 11.4. The Kier molecular flexibility index (Phi) is 3.55. The number of aliphatic hydroxyl groups is 1. The summed E-state index contributed by atoms with van der Waals surface area (Å²) in [4.78, 5) is 24.6. The minimum Gasteiger partial charge on any atom is -0.394 e. The lowest BCUT2D eigenvalue weighted by molar-refractivity contribution is -0.132. The van der Waals surface area contributed by atoms with Gasteiger partial charge < -0.3 is 14.7 Å². The van der Waals surface area contributed by atoms with Gasteiger partial charge in [0.25, 0.3) is 0 Å². The van der Waals surface area contributed by atoms with Crippen LogP contribution in [0, 0.1) is 24.2 Å². The molecule has 0 saturated carbocycles. The molecule has 0 radical (unpaired) electrons. The SMILES string of the molecule is C#C[C@@H]1C[C@@H](CO)O[C@H]1C1CN(C)C(=O)NC1=O. The molecule has 0 aromatic heterocycles. The van der Waals surface area contributed by atoms with Crippen LogP contribution in [0.3, 0.4) is 0 Å². The molecule has 0 spiro atoms. The number of ether oxygens (including phenoxy) is 1. The third-order valence-corrected chi connectivity index (χ3v) is 3.46. The summed E-state index contributed by atoms with van der Waals surface area (Å²) in [5.41, 5.74) is 0. The van der Waals surface area contributed by atoms with E-state index in [4.69, 9.17) is 16.3 Å². The monoisotopic (exact) mass is 252 g/mol. The van der Waals surface area contributed by atoms with Crippen molar-refractivity contribution in [3.05, 3.63) is 0 Å². The Morgan fingerprint density at radius 1 is 1.61 bits per heavy atom. The van der Waals surface area contributed by atoms with Crippen LogP contribution in [0.15, 0.2) is 0 Å². The standard InChI is InChI=1S/C12H16N2O4/c1-3-7-4-8(6-15)18-10(7)9-5-14(2)12(17)13-11(9)16/h1,7-10,15H,4-6H2,2H3,(H,13,16,17)/t7-,8+,9?,10-/m1/s1. The first kappa shape index (κ1) is 12.9. The molecule has 6 nitrogen and oxygen atoms in total. The first-order chi connectivity index (χ1) is 8.56. The minimum atomic E-state index is -0.481. The van der Waals surface area contributed by atoms with Crippen LogP contribution in [0.5, 0.6) is 0 Å². The first-order valence-corrected chi connectivity index (χ1v) is 5.85. The second-order valence-corrected chi connectivity index (χ2v) is 4.70. The number of aliphatic hydroxyl groups excluding tert-OH is 1. The van der Waals surface area contributed by atoms with E-state index in [1.807, 2.05) is 0 Å². The number of terminal acetylenes is 1. The predicted octanol–water partition coefficient (Wildman–Crippen LogP) is -0.817. The van der Waals surface area contributed by atoms with E-state index in [1.54, 1.807) is 7.05 Å². The average Bonchev–Trinajstić information content (AvgIpc) is 2.77. The fraction of sp³-hybridized carbons (Fsp3) is 0.667. The van der Waals surface area contributed by atoms with E-state index in [2.05, 4.69) is 11.2 Å². The molecule has 2 fully saturated rings. The van der Waals surface area contributed by atoms with Crippen molar-refractivity contribution in [3.63, 3.8) is 0 Å². The number of hydrogen-bond acceptors (Lipinski definition) is 4. The van der Waals surface area contributed by atoms with Gasteiger partial charge in [0, 0.05) is 19.5 Å². The number of imide groups is 1. The highest BCUT2D eigenvalue weighted by Crippen LogP contribution is 2.32. The lowest BCUT2D eigenvalue weighted by Crippen LogP contribution is -2.56. The van der Waals surface area contributed by atoms with Crippen LogP contribution in [-0.4, -0.2) is 54.4 Å². The average molecular weight is 252 g/mol. The zero-order valence-corrected chi connectivity index (χ0v) is 10.1. The molecule has 2 N–H and O–H groups in total. The van der Waals surface area contributed by atoms with Crippen LogP contribution < -0.4 is 5.32 Å². The van der Waals surface area contributed by atoms with Gasteiger partial charge in [-0.2, -0.15) is 0 Å². The van der Waals surface area contributed by atoms with E-state index in [0.29, 0.717) is 6.42 Å². The van der Waals surface area contributed by atoms with E-state index in [-0.39, 0.29) is 31.1 Å². The van der Waals surface area contributed by atoms with Gasteiger partial charge in [-0.05, 0) is 6.42 Å². The molecule has 3 amide bonds. The topological polar surface area (TPSA) is 78.9 Å². The molecule has 0 aliphatic carbocycles. The second kappa shape index (κ2) is 4.96. The second-order valence-electron chi connectivity index (χ2n) is 4.70. The normalized spacial score (nSPS) is 36.4. The maximum Gasteiger partial charge on any atom is 0.323 e. The van der Waals surface area contributed by atoms with Crippen LogP contribution in [-0.2, 0) is 9.53 Å². The lowest BCUT2D eigenvalue weighted by atomic mass is 9.88. The zero-order chi connectivity index (χ0) is 13.3. The minimum absolute atomic E-state index is 0.113. The molecule has 2 saturated heterocycles. The van der Waals surface area contributed by atoms with Crippen LogP contribution >= 0.6 is 0 Å². The van der Waals surface area contributed by atoms with Crippen molar-refractivity contribution >= 4 is 11.9 Å². The fourth-order valence-electron chi connectivity index (χ4n) is 2.45. The van der Waals surface area contributed by atoms with Crippen molar-refractivity contribution in [3.8, 4) is 12.3 Å². The highest BCUT2D eigenvalue weighted by atomic mass is 16.5. The molecule has 18 heavy (non-hydrogen) atoms. The van der Waals surface area contributed by atoms with Gasteiger partial charge in [0.05, 0.1) is 24.7 Å². The van der Waals surface area contributed by atoms with Gasteiger partial charge in [-0.1, -0.05) is 0 Å². The van der Waals surface area contributed by atoms with Crippen molar-refractivity contribution in [1.29, 1.82) is 0 Å². The molecule has 4 atom stereocenters. The molecule has 2 aliphatic rings. The highest BCUT2D eigenvalue weighted by Gasteiger charge is 2.45. The Morgan fingerprint density at radius 3 is 2.94 bits per heavy atom. The molecular formula is C12H16N2O4. The van der Waals surface area contributed by atoms with Crippen LogP contribution in [0.1, 0.15) is 6.42 Å². The molecule has 2 rings (SSSR count). The largest absolute Gasteiger partial charge is 0.394 e. The van der Waals surface area contributed by atoms with Crippen molar-refractivity contribution in [2.75, 3.05) is 20.2 Å². The third kappa shape index (κ3) is 2.19. The molecule has 2 aliphatic heterocycles. The summed E-state index contributed by atoms with van der Waals surface area (Å²) in [5.74, 6) is 1.55. The maximum atomic E-state index is 11.8. The third-order valence-electron chi connectivity index (χ3n) is 3.46. The molecule has 0 aromatic rings. The van der Waals surface area contributed by atoms with Crippen LogP contribution in [0.25, 0.3) is 0 Å². The van der Waals surface area contributed by atoms with E-state index in [9.17, 15) is 9.59 Å². The van der Waals surface area contributed by atoms with Crippen molar-refractivity contribution in [2.45, 2.75) is 18.6 Å². The van der Waals surface area contributed by atoms with Gasteiger partial charge in [-0.3, -0.25) is 10.1 Å². The Labute approximate surface area is 105 Å². The summed E-state index contributed by atoms with van der Waals surface area (Å²) in [6, 6.07) is -0.412. The Bertz CT molecular complexity index is 403. The van der Waals surface area contributed by atoms with E-state index >= 15 is 0 Å². The Morgan fingerprint density at radius 2 is 2.33 bits per heavy atom. The first-order valence-electron chi connectivity index (χ1n) is 5.85. The highest BCUT2D eigenvalue weighted by molar-refractivity contribution is 5.98. The summed E-state index contributed by atoms with van der Waals surface area (Å²) in [7, 11) is 1.61. The van der Waals surface area contributed by atoms with Gasteiger partial charge in [-0.15, -0.1) is 12.3 Å². The van der Waals surface area contributed by atoms with Gasteiger partial charge in [0.15, 0.2) is 0 Å². The number of hydrogen-bond donors (Lipinski definition) is 2. The van der Waals surface area contributed by atoms with E-state index in [0.717, 1.165) is 0 Å². The van der Waals surface area contributed by atoms with Crippen molar-refractivity contribution < 1.29 is 19.4 Å².